The van der Waals surface area contributed by atoms with Crippen molar-refractivity contribution < 1.29 is 44.6 Å². The van der Waals surface area contributed by atoms with Gasteiger partial charge >= 0.3 is 18.5 Å². The van der Waals surface area contributed by atoms with E-state index in [9.17, 15) is 44.6 Å². The second-order valence-corrected chi connectivity index (χ2v) is 6.91. The molecule has 10 heteroatoms. The molecule has 0 unspecified atom stereocenters. The van der Waals surface area contributed by atoms with Crippen LogP contribution in [0.15, 0.2) is 72.8 Å². The first-order valence-corrected chi connectivity index (χ1v) is 8.89. The molecule has 0 saturated carbocycles. The molecule has 170 valence electrons. The van der Waals surface area contributed by atoms with E-state index in [-0.39, 0.29) is 22.3 Å². The lowest BCUT2D eigenvalue weighted by molar-refractivity contribution is -0.376. The minimum atomic E-state index is -6.03. The summed E-state index contributed by atoms with van der Waals surface area (Å²) < 4.78 is 118. The monoisotopic (exact) mass is 464 g/mol. The second-order valence-electron chi connectivity index (χ2n) is 6.91. The van der Waals surface area contributed by atoms with Gasteiger partial charge in [0, 0.05) is 5.56 Å². The number of hydrogen-bond donors (Lipinski definition) is 1. The largest absolute Gasteiger partial charge is 0.430 e. The van der Waals surface area contributed by atoms with Crippen molar-refractivity contribution in [2.75, 3.05) is 0 Å². The van der Waals surface area contributed by atoms with Crippen LogP contribution in [0.5, 0.6) is 0 Å². The third kappa shape index (κ3) is 4.19. The topological polar surface area (TPSA) is 20.2 Å². The van der Waals surface area contributed by atoms with E-state index >= 15 is 0 Å². The molecule has 0 aliphatic carbocycles. The van der Waals surface area contributed by atoms with Gasteiger partial charge in [0.1, 0.15) is 0 Å². The van der Waals surface area contributed by atoms with Gasteiger partial charge in [0.2, 0.25) is 0 Å². The van der Waals surface area contributed by atoms with Gasteiger partial charge in [-0.3, -0.25) is 0 Å². The standard InChI is InChI=1S/C22H13F9O/c23-20(24,25)16-5-3-4-14(12-16)18-7-2-1-6-17(18)13-8-10-15(11-9-13)19(32,21(26,27)28)22(29,30)31/h1-12,32H. The molecule has 3 aromatic rings. The second kappa shape index (κ2) is 7.84. The Hall–Kier alpha value is -3.01. The van der Waals surface area contributed by atoms with E-state index in [0.717, 1.165) is 24.3 Å². The van der Waals surface area contributed by atoms with Crippen LogP contribution in [0.3, 0.4) is 0 Å². The van der Waals surface area contributed by atoms with Gasteiger partial charge in [-0.1, -0.05) is 60.7 Å². The smallest absolute Gasteiger partial charge is 0.369 e. The van der Waals surface area contributed by atoms with E-state index in [0.29, 0.717) is 12.1 Å². The van der Waals surface area contributed by atoms with Crippen molar-refractivity contribution in [3.8, 4) is 22.3 Å². The van der Waals surface area contributed by atoms with Gasteiger partial charge in [0.05, 0.1) is 5.56 Å². The summed E-state index contributed by atoms with van der Waals surface area (Å²) in [4.78, 5) is 0. The van der Waals surface area contributed by atoms with E-state index in [2.05, 4.69) is 0 Å². The van der Waals surface area contributed by atoms with E-state index in [4.69, 9.17) is 0 Å². The van der Waals surface area contributed by atoms with Crippen LogP contribution in [0.1, 0.15) is 11.1 Å². The number of benzene rings is 3. The number of hydrogen-bond acceptors (Lipinski definition) is 1. The Morgan fingerprint density at radius 1 is 0.500 bits per heavy atom. The molecule has 0 bridgehead atoms. The Bertz CT molecular complexity index is 1080. The molecule has 0 amide bonds. The minimum absolute atomic E-state index is 0.147. The molecule has 0 radical (unpaired) electrons. The SMILES string of the molecule is OC(c1ccc(-c2ccccc2-c2cccc(C(F)(F)F)c2)cc1)(C(F)(F)F)C(F)(F)F. The quantitative estimate of drug-likeness (QED) is 0.402. The average Bonchev–Trinajstić information content (AvgIpc) is 2.71. The summed E-state index contributed by atoms with van der Waals surface area (Å²) in [6.45, 7) is 0. The molecular weight excluding hydrogens is 451 g/mol. The van der Waals surface area contributed by atoms with Crippen molar-refractivity contribution in [2.45, 2.75) is 24.1 Å². The highest BCUT2D eigenvalue weighted by molar-refractivity contribution is 5.83. The lowest BCUT2D eigenvalue weighted by Crippen LogP contribution is -2.53. The molecule has 0 aromatic heterocycles. The Balaban J connectivity index is 2.09. The summed E-state index contributed by atoms with van der Waals surface area (Å²) in [7, 11) is 0. The molecule has 0 saturated heterocycles. The van der Waals surface area contributed by atoms with E-state index in [1.165, 1.54) is 36.4 Å². The highest BCUT2D eigenvalue weighted by Gasteiger charge is 2.71. The summed E-state index contributed by atoms with van der Waals surface area (Å²) >= 11 is 0. The van der Waals surface area contributed by atoms with E-state index < -0.39 is 35.3 Å². The minimum Gasteiger partial charge on any atom is -0.369 e. The van der Waals surface area contributed by atoms with Gasteiger partial charge in [-0.2, -0.15) is 39.5 Å². The average molecular weight is 464 g/mol. The van der Waals surface area contributed by atoms with Crippen molar-refractivity contribution in [3.05, 3.63) is 83.9 Å². The fourth-order valence-electron chi connectivity index (χ4n) is 3.23. The maximum Gasteiger partial charge on any atom is 0.430 e. The molecule has 3 rings (SSSR count). The van der Waals surface area contributed by atoms with Gasteiger partial charge in [0.15, 0.2) is 0 Å². The lowest BCUT2D eigenvalue weighted by Gasteiger charge is -2.32. The maximum atomic E-state index is 13.1. The van der Waals surface area contributed by atoms with Crippen LogP contribution >= 0.6 is 0 Å². The van der Waals surface area contributed by atoms with Crippen LogP contribution < -0.4 is 0 Å². The van der Waals surface area contributed by atoms with Crippen molar-refractivity contribution in [1.82, 2.24) is 0 Å². The maximum absolute atomic E-state index is 13.1. The van der Waals surface area contributed by atoms with Gasteiger partial charge < -0.3 is 5.11 Å². The molecule has 32 heavy (non-hydrogen) atoms. The van der Waals surface area contributed by atoms with Gasteiger partial charge in [-0.15, -0.1) is 0 Å². The van der Waals surface area contributed by atoms with Gasteiger partial charge in [0.25, 0.3) is 5.60 Å². The fraction of sp³-hybridized carbons (Fsp3) is 0.182. The lowest BCUT2D eigenvalue weighted by atomic mass is 9.89. The zero-order chi connectivity index (χ0) is 23.9. The van der Waals surface area contributed by atoms with E-state index in [1.807, 2.05) is 0 Å². The van der Waals surface area contributed by atoms with Gasteiger partial charge in [-0.05, 0) is 34.4 Å². The molecule has 1 N–H and O–H groups in total. The van der Waals surface area contributed by atoms with Crippen molar-refractivity contribution >= 4 is 0 Å². The van der Waals surface area contributed by atoms with Crippen LogP contribution in [0.2, 0.25) is 0 Å². The molecule has 0 aliphatic rings. The van der Waals surface area contributed by atoms with Crippen molar-refractivity contribution in [1.29, 1.82) is 0 Å². The van der Waals surface area contributed by atoms with E-state index in [1.54, 1.807) is 0 Å². The Morgan fingerprint density at radius 3 is 1.47 bits per heavy atom. The summed E-state index contributed by atoms with van der Waals surface area (Å²) in [5, 5.41) is 9.50. The predicted octanol–water partition coefficient (Wildman–Crippen LogP) is 7.35. The molecular formula is C22H13F9O. The Kier molecular flexibility index (Phi) is 5.80. The predicted molar refractivity (Wildman–Crippen MR) is 98.3 cm³/mol. The third-order valence-corrected chi connectivity index (χ3v) is 4.86. The van der Waals surface area contributed by atoms with Crippen LogP contribution in [0, 0.1) is 0 Å². The number of alkyl halides is 9. The number of aliphatic hydroxyl groups is 1. The molecule has 0 spiro atoms. The Labute approximate surface area is 175 Å². The summed E-state index contributed by atoms with van der Waals surface area (Å²) in [6.07, 6.45) is -16.7. The Morgan fingerprint density at radius 2 is 1.00 bits per heavy atom. The van der Waals surface area contributed by atoms with Crippen LogP contribution in [0.25, 0.3) is 22.3 Å². The normalized spacial score (nSPS) is 13.3. The van der Waals surface area contributed by atoms with Crippen molar-refractivity contribution in [3.63, 3.8) is 0 Å². The van der Waals surface area contributed by atoms with Crippen LogP contribution in [-0.4, -0.2) is 17.5 Å². The van der Waals surface area contributed by atoms with Crippen LogP contribution in [-0.2, 0) is 11.8 Å². The zero-order valence-electron chi connectivity index (χ0n) is 15.8. The first-order valence-electron chi connectivity index (χ1n) is 8.89. The zero-order valence-corrected chi connectivity index (χ0v) is 15.8. The fourth-order valence-corrected chi connectivity index (χ4v) is 3.23. The van der Waals surface area contributed by atoms with Crippen molar-refractivity contribution in [2.24, 2.45) is 0 Å². The summed E-state index contributed by atoms with van der Waals surface area (Å²) in [5.74, 6) is 0. The highest BCUT2D eigenvalue weighted by atomic mass is 19.4. The molecule has 1 nitrogen and oxygen atoms in total. The summed E-state index contributed by atoms with van der Waals surface area (Å²) in [5.41, 5.74) is -6.55. The number of rotatable bonds is 3. The van der Waals surface area contributed by atoms with Gasteiger partial charge in [-0.25, -0.2) is 0 Å². The molecule has 3 aromatic carbocycles. The summed E-state index contributed by atoms with van der Waals surface area (Å²) in [6, 6.07) is 13.2. The third-order valence-electron chi connectivity index (χ3n) is 4.86. The molecule has 0 heterocycles. The first kappa shape index (κ1) is 23.6. The molecule has 0 aliphatic heterocycles. The highest BCUT2D eigenvalue weighted by Crippen LogP contribution is 2.50. The number of halogens is 9. The molecule has 0 atom stereocenters. The molecule has 0 fully saturated rings. The first-order chi connectivity index (χ1) is 14.7. The van der Waals surface area contributed by atoms with Crippen LogP contribution in [0.4, 0.5) is 39.5 Å².